The number of amides is 1. The number of aromatic nitrogens is 1. The standard InChI is InChI=1S/C20H23ClN2O5/c1-5-14-17(20(26)28-4)11(2)18(22-14)19(25)23-15(10-16(24)27-3)12-6-8-13(21)9-7-12/h6-9,15,22H,5,10H2,1-4H3,(H,23,25). The van der Waals surface area contributed by atoms with E-state index in [2.05, 4.69) is 10.3 Å². The molecule has 2 N–H and O–H groups in total. The average Bonchev–Trinajstić information content (AvgIpc) is 3.03. The van der Waals surface area contributed by atoms with E-state index in [1.165, 1.54) is 14.2 Å². The van der Waals surface area contributed by atoms with Crippen molar-refractivity contribution in [3.05, 3.63) is 57.4 Å². The number of aryl methyl sites for hydroxylation is 1. The van der Waals surface area contributed by atoms with Crippen LogP contribution in [0.4, 0.5) is 0 Å². The summed E-state index contributed by atoms with van der Waals surface area (Å²) in [4.78, 5) is 39.8. The van der Waals surface area contributed by atoms with Crippen molar-refractivity contribution in [1.29, 1.82) is 0 Å². The number of rotatable bonds is 7. The van der Waals surface area contributed by atoms with E-state index < -0.39 is 23.9 Å². The van der Waals surface area contributed by atoms with Crippen LogP contribution in [0, 0.1) is 6.92 Å². The highest BCUT2D eigenvalue weighted by molar-refractivity contribution is 6.30. The average molecular weight is 407 g/mol. The molecule has 0 radical (unpaired) electrons. The predicted molar refractivity (Wildman–Crippen MR) is 105 cm³/mol. The molecule has 0 saturated heterocycles. The van der Waals surface area contributed by atoms with Gasteiger partial charge in [-0.25, -0.2) is 4.79 Å². The van der Waals surface area contributed by atoms with Gasteiger partial charge in [-0.15, -0.1) is 0 Å². The molecule has 0 bridgehead atoms. The summed E-state index contributed by atoms with van der Waals surface area (Å²) >= 11 is 5.92. The lowest BCUT2D eigenvalue weighted by Crippen LogP contribution is -2.31. The zero-order valence-corrected chi connectivity index (χ0v) is 17.0. The topological polar surface area (TPSA) is 97.5 Å². The molecule has 8 heteroatoms. The lowest BCUT2D eigenvalue weighted by molar-refractivity contribution is -0.141. The first kappa shape index (κ1) is 21.5. The third kappa shape index (κ3) is 4.72. The molecule has 0 fully saturated rings. The summed E-state index contributed by atoms with van der Waals surface area (Å²) in [6, 6.07) is 6.20. The van der Waals surface area contributed by atoms with Gasteiger partial charge in [-0.3, -0.25) is 9.59 Å². The largest absolute Gasteiger partial charge is 0.469 e. The van der Waals surface area contributed by atoms with Crippen molar-refractivity contribution in [2.75, 3.05) is 14.2 Å². The molecule has 1 atom stereocenters. The molecular weight excluding hydrogens is 384 g/mol. The van der Waals surface area contributed by atoms with Crippen molar-refractivity contribution < 1.29 is 23.9 Å². The van der Waals surface area contributed by atoms with E-state index >= 15 is 0 Å². The van der Waals surface area contributed by atoms with Crippen molar-refractivity contribution >= 4 is 29.4 Å². The Morgan fingerprint density at radius 3 is 2.32 bits per heavy atom. The van der Waals surface area contributed by atoms with Crippen LogP contribution in [-0.2, 0) is 20.7 Å². The summed E-state index contributed by atoms with van der Waals surface area (Å²) in [7, 11) is 2.58. The van der Waals surface area contributed by atoms with E-state index in [1.54, 1.807) is 31.2 Å². The van der Waals surface area contributed by atoms with Gasteiger partial charge in [-0.05, 0) is 36.6 Å². The highest BCUT2D eigenvalue weighted by Crippen LogP contribution is 2.23. The summed E-state index contributed by atoms with van der Waals surface area (Å²) in [6.07, 6.45) is 0.482. The molecule has 2 rings (SSSR count). The molecule has 1 amide bonds. The number of esters is 2. The van der Waals surface area contributed by atoms with Gasteiger partial charge in [0, 0.05) is 10.7 Å². The summed E-state index contributed by atoms with van der Waals surface area (Å²) < 4.78 is 9.56. The summed E-state index contributed by atoms with van der Waals surface area (Å²) in [6.45, 7) is 3.54. The Hall–Kier alpha value is -2.80. The summed E-state index contributed by atoms with van der Waals surface area (Å²) in [5.41, 5.74) is 2.42. The fourth-order valence-electron chi connectivity index (χ4n) is 2.96. The summed E-state index contributed by atoms with van der Waals surface area (Å²) in [5.74, 6) is -1.41. The zero-order chi connectivity index (χ0) is 20.8. The molecule has 150 valence electrons. The van der Waals surface area contributed by atoms with Crippen LogP contribution in [0.1, 0.15) is 57.1 Å². The molecule has 0 aliphatic rings. The highest BCUT2D eigenvalue weighted by Gasteiger charge is 2.26. The predicted octanol–water partition coefficient (Wildman–Crippen LogP) is 3.36. The Bertz CT molecular complexity index is 873. The second kappa shape index (κ2) is 9.41. The Morgan fingerprint density at radius 1 is 1.14 bits per heavy atom. The third-order valence-corrected chi connectivity index (χ3v) is 4.73. The second-order valence-electron chi connectivity index (χ2n) is 6.18. The van der Waals surface area contributed by atoms with Crippen LogP contribution in [-0.4, -0.2) is 37.0 Å². The minimum atomic E-state index is -0.619. The van der Waals surface area contributed by atoms with Crippen LogP contribution < -0.4 is 5.32 Å². The lowest BCUT2D eigenvalue weighted by Gasteiger charge is -2.18. The molecule has 1 heterocycles. The molecule has 1 aromatic carbocycles. The van der Waals surface area contributed by atoms with E-state index in [9.17, 15) is 14.4 Å². The zero-order valence-electron chi connectivity index (χ0n) is 16.2. The number of benzene rings is 1. The number of carbonyl (C=O) groups excluding carboxylic acids is 3. The van der Waals surface area contributed by atoms with Gasteiger partial charge in [0.05, 0.1) is 32.2 Å². The normalized spacial score (nSPS) is 11.6. The fraction of sp³-hybridized carbons (Fsp3) is 0.350. The third-order valence-electron chi connectivity index (χ3n) is 4.47. The molecule has 1 aromatic heterocycles. The van der Waals surface area contributed by atoms with Crippen molar-refractivity contribution in [3.63, 3.8) is 0 Å². The quantitative estimate of drug-likeness (QED) is 0.687. The van der Waals surface area contributed by atoms with Crippen molar-refractivity contribution in [3.8, 4) is 0 Å². The van der Waals surface area contributed by atoms with Crippen LogP contribution in [0.25, 0.3) is 0 Å². The second-order valence-corrected chi connectivity index (χ2v) is 6.62. The van der Waals surface area contributed by atoms with Crippen molar-refractivity contribution in [2.45, 2.75) is 32.7 Å². The van der Waals surface area contributed by atoms with Gasteiger partial charge in [0.15, 0.2) is 0 Å². The minimum Gasteiger partial charge on any atom is -0.469 e. The first-order valence-electron chi connectivity index (χ1n) is 8.75. The minimum absolute atomic E-state index is 0.0475. The lowest BCUT2D eigenvalue weighted by atomic mass is 10.0. The van der Waals surface area contributed by atoms with Gasteiger partial charge < -0.3 is 19.8 Å². The number of ether oxygens (including phenoxy) is 2. The molecule has 1 unspecified atom stereocenters. The SMILES string of the molecule is CCc1[nH]c(C(=O)NC(CC(=O)OC)c2ccc(Cl)cc2)c(C)c1C(=O)OC. The van der Waals surface area contributed by atoms with Gasteiger partial charge >= 0.3 is 11.9 Å². The molecular formula is C20H23ClN2O5. The number of methoxy groups -OCH3 is 2. The summed E-state index contributed by atoms with van der Waals surface area (Å²) in [5, 5.41) is 3.37. The molecule has 0 spiro atoms. The maximum absolute atomic E-state index is 12.9. The van der Waals surface area contributed by atoms with Crippen LogP contribution >= 0.6 is 11.6 Å². The molecule has 7 nitrogen and oxygen atoms in total. The van der Waals surface area contributed by atoms with Crippen molar-refractivity contribution in [2.24, 2.45) is 0 Å². The van der Waals surface area contributed by atoms with Gasteiger partial charge in [-0.1, -0.05) is 30.7 Å². The number of aromatic amines is 1. The number of hydrogen-bond donors (Lipinski definition) is 2. The van der Waals surface area contributed by atoms with Gasteiger partial charge in [0.2, 0.25) is 0 Å². The van der Waals surface area contributed by atoms with E-state index in [0.29, 0.717) is 33.8 Å². The molecule has 0 aliphatic carbocycles. The number of halogens is 1. The molecule has 28 heavy (non-hydrogen) atoms. The monoisotopic (exact) mass is 406 g/mol. The molecule has 0 aliphatic heterocycles. The van der Waals surface area contributed by atoms with Gasteiger partial charge in [0.1, 0.15) is 5.69 Å². The van der Waals surface area contributed by atoms with Crippen LogP contribution in [0.3, 0.4) is 0 Å². The van der Waals surface area contributed by atoms with E-state index in [1.807, 2.05) is 6.92 Å². The maximum Gasteiger partial charge on any atom is 0.339 e. The van der Waals surface area contributed by atoms with Crippen LogP contribution in [0.15, 0.2) is 24.3 Å². The van der Waals surface area contributed by atoms with E-state index in [0.717, 1.165) is 0 Å². The van der Waals surface area contributed by atoms with Crippen molar-refractivity contribution in [1.82, 2.24) is 10.3 Å². The number of carbonyl (C=O) groups is 3. The van der Waals surface area contributed by atoms with E-state index in [4.69, 9.17) is 21.1 Å². The van der Waals surface area contributed by atoms with Gasteiger partial charge in [-0.2, -0.15) is 0 Å². The Balaban J connectivity index is 2.35. The fourth-order valence-corrected chi connectivity index (χ4v) is 3.08. The number of H-pyrrole nitrogens is 1. The maximum atomic E-state index is 12.9. The number of nitrogens with one attached hydrogen (secondary N) is 2. The Morgan fingerprint density at radius 2 is 1.79 bits per heavy atom. The smallest absolute Gasteiger partial charge is 0.339 e. The van der Waals surface area contributed by atoms with Gasteiger partial charge in [0.25, 0.3) is 5.91 Å². The first-order chi connectivity index (χ1) is 13.3. The Kier molecular flexibility index (Phi) is 7.23. The first-order valence-corrected chi connectivity index (χ1v) is 9.13. The Labute approximate surface area is 168 Å². The van der Waals surface area contributed by atoms with Crippen LogP contribution in [0.2, 0.25) is 5.02 Å². The molecule has 0 saturated carbocycles. The number of hydrogen-bond acceptors (Lipinski definition) is 5. The van der Waals surface area contributed by atoms with Crippen LogP contribution in [0.5, 0.6) is 0 Å². The molecule has 2 aromatic rings. The van der Waals surface area contributed by atoms with E-state index in [-0.39, 0.29) is 12.1 Å². The highest BCUT2D eigenvalue weighted by atomic mass is 35.5.